The van der Waals surface area contributed by atoms with E-state index >= 15 is 0 Å². The SMILES string of the molecule is CCCC(OC(CCC)(Nn1cccc1)C(=O)O)C(=O)O. The van der Waals surface area contributed by atoms with Crippen molar-refractivity contribution in [2.75, 3.05) is 5.43 Å². The number of hydrogen-bond acceptors (Lipinski definition) is 4. The van der Waals surface area contributed by atoms with E-state index < -0.39 is 23.8 Å². The van der Waals surface area contributed by atoms with Crippen molar-refractivity contribution in [2.45, 2.75) is 51.4 Å². The van der Waals surface area contributed by atoms with Gasteiger partial charge in [-0.3, -0.25) is 10.1 Å². The smallest absolute Gasteiger partial charge is 0.358 e. The second kappa shape index (κ2) is 7.68. The van der Waals surface area contributed by atoms with Crippen LogP contribution in [0.5, 0.6) is 0 Å². The number of aliphatic carboxylic acids is 2. The number of ether oxygens (including phenoxy) is 1. The minimum Gasteiger partial charge on any atom is -0.479 e. The molecule has 1 aromatic rings. The highest BCUT2D eigenvalue weighted by molar-refractivity contribution is 5.80. The lowest BCUT2D eigenvalue weighted by molar-refractivity contribution is -0.182. The predicted molar refractivity (Wildman–Crippen MR) is 76.5 cm³/mol. The van der Waals surface area contributed by atoms with Crippen molar-refractivity contribution in [3.05, 3.63) is 24.5 Å². The molecule has 0 fully saturated rings. The van der Waals surface area contributed by atoms with E-state index in [1.54, 1.807) is 24.5 Å². The van der Waals surface area contributed by atoms with Crippen molar-refractivity contribution in [2.24, 2.45) is 0 Å². The second-order valence-electron chi connectivity index (χ2n) is 4.82. The van der Waals surface area contributed by atoms with Gasteiger partial charge in [0, 0.05) is 18.8 Å². The third kappa shape index (κ3) is 4.49. The first-order valence-corrected chi connectivity index (χ1v) is 7.00. The Hall–Kier alpha value is -2.02. The van der Waals surface area contributed by atoms with Gasteiger partial charge in [-0.2, -0.15) is 0 Å². The highest BCUT2D eigenvalue weighted by atomic mass is 16.6. The maximum atomic E-state index is 11.7. The Morgan fingerprint density at radius 3 is 2.29 bits per heavy atom. The normalized spacial score (nSPS) is 15.1. The van der Waals surface area contributed by atoms with Crippen molar-refractivity contribution in [3.63, 3.8) is 0 Å². The monoisotopic (exact) mass is 298 g/mol. The number of rotatable bonds is 10. The summed E-state index contributed by atoms with van der Waals surface area (Å²) in [6.45, 7) is 3.63. The van der Waals surface area contributed by atoms with Crippen molar-refractivity contribution < 1.29 is 24.5 Å². The molecule has 7 heteroatoms. The third-order valence-corrected chi connectivity index (χ3v) is 3.03. The number of nitrogens with zero attached hydrogens (tertiary/aromatic N) is 1. The number of carboxylic acids is 2. The number of aromatic nitrogens is 1. The average molecular weight is 298 g/mol. The van der Waals surface area contributed by atoms with Crippen LogP contribution in [0.25, 0.3) is 0 Å². The van der Waals surface area contributed by atoms with Crippen LogP contribution >= 0.6 is 0 Å². The molecule has 2 unspecified atom stereocenters. The Bertz CT molecular complexity index is 460. The van der Waals surface area contributed by atoms with Gasteiger partial charge >= 0.3 is 11.9 Å². The Morgan fingerprint density at radius 2 is 1.86 bits per heavy atom. The van der Waals surface area contributed by atoms with Crippen LogP contribution in [0.2, 0.25) is 0 Å². The summed E-state index contributed by atoms with van der Waals surface area (Å²) < 4.78 is 6.94. The zero-order chi connectivity index (χ0) is 15.9. The van der Waals surface area contributed by atoms with Crippen molar-refractivity contribution in [1.29, 1.82) is 0 Å². The molecule has 0 aliphatic heterocycles. The maximum Gasteiger partial charge on any atom is 0.358 e. The molecule has 7 nitrogen and oxygen atoms in total. The molecule has 0 radical (unpaired) electrons. The zero-order valence-corrected chi connectivity index (χ0v) is 12.3. The maximum absolute atomic E-state index is 11.7. The summed E-state index contributed by atoms with van der Waals surface area (Å²) in [7, 11) is 0. The molecule has 0 saturated heterocycles. The largest absolute Gasteiger partial charge is 0.479 e. The van der Waals surface area contributed by atoms with Crippen LogP contribution in [0, 0.1) is 0 Å². The van der Waals surface area contributed by atoms with Gasteiger partial charge in [0.05, 0.1) is 0 Å². The number of carboxylic acid groups (broad SMARTS) is 2. The van der Waals surface area contributed by atoms with Crippen LogP contribution in [0.3, 0.4) is 0 Å². The van der Waals surface area contributed by atoms with E-state index in [9.17, 15) is 19.8 Å². The van der Waals surface area contributed by atoms with Gasteiger partial charge in [-0.1, -0.05) is 26.7 Å². The van der Waals surface area contributed by atoms with Crippen LogP contribution in [0.4, 0.5) is 0 Å². The fourth-order valence-corrected chi connectivity index (χ4v) is 2.05. The van der Waals surface area contributed by atoms with E-state index in [4.69, 9.17) is 4.74 Å². The van der Waals surface area contributed by atoms with Gasteiger partial charge in [-0.05, 0) is 18.6 Å². The quantitative estimate of drug-likeness (QED) is 0.570. The summed E-state index contributed by atoms with van der Waals surface area (Å²) in [5.41, 5.74) is 0.976. The number of nitrogens with one attached hydrogen (secondary N) is 1. The fraction of sp³-hybridized carbons (Fsp3) is 0.571. The zero-order valence-electron chi connectivity index (χ0n) is 12.3. The van der Waals surface area contributed by atoms with Gasteiger partial charge in [-0.15, -0.1) is 0 Å². The first kappa shape index (κ1) is 17.0. The Labute approximate surface area is 123 Å². The molecular formula is C14H22N2O5. The average Bonchev–Trinajstić information content (AvgIpc) is 2.90. The Balaban J connectivity index is 3.03. The first-order chi connectivity index (χ1) is 9.95. The lowest BCUT2D eigenvalue weighted by Crippen LogP contribution is -2.55. The molecule has 0 saturated carbocycles. The third-order valence-electron chi connectivity index (χ3n) is 3.03. The second-order valence-corrected chi connectivity index (χ2v) is 4.82. The molecule has 1 rings (SSSR count). The standard InChI is InChI=1S/C14H22N2O5/c1-3-7-11(12(17)18)21-14(8-4-2,13(19)20)15-16-9-5-6-10-16/h5-6,9-11,15H,3-4,7-8H2,1-2H3,(H,17,18)(H,19,20). The van der Waals surface area contributed by atoms with Gasteiger partial charge in [-0.25, -0.2) is 9.59 Å². The summed E-state index contributed by atoms with van der Waals surface area (Å²) in [6.07, 6.45) is 3.61. The molecular weight excluding hydrogens is 276 g/mol. The molecule has 0 bridgehead atoms. The van der Waals surface area contributed by atoms with Crippen LogP contribution in [0.1, 0.15) is 39.5 Å². The molecule has 2 atom stereocenters. The van der Waals surface area contributed by atoms with E-state index in [1.165, 1.54) is 4.68 Å². The van der Waals surface area contributed by atoms with Crippen molar-refractivity contribution in [3.8, 4) is 0 Å². The highest BCUT2D eigenvalue weighted by Crippen LogP contribution is 2.22. The van der Waals surface area contributed by atoms with Gasteiger partial charge in [0.2, 0.25) is 0 Å². The molecule has 0 aromatic carbocycles. The van der Waals surface area contributed by atoms with E-state index in [0.717, 1.165) is 0 Å². The van der Waals surface area contributed by atoms with E-state index in [2.05, 4.69) is 5.43 Å². The molecule has 1 aromatic heterocycles. The first-order valence-electron chi connectivity index (χ1n) is 7.00. The van der Waals surface area contributed by atoms with E-state index in [-0.39, 0.29) is 12.8 Å². The Kier molecular flexibility index (Phi) is 6.23. The Morgan fingerprint density at radius 1 is 1.24 bits per heavy atom. The molecule has 0 spiro atoms. The lowest BCUT2D eigenvalue weighted by Gasteiger charge is -2.33. The summed E-state index contributed by atoms with van der Waals surface area (Å²) in [5.74, 6) is -2.40. The summed E-state index contributed by atoms with van der Waals surface area (Å²) in [5, 5.41) is 18.8. The molecule has 1 heterocycles. The molecule has 21 heavy (non-hydrogen) atoms. The van der Waals surface area contributed by atoms with Gasteiger partial charge in [0.25, 0.3) is 5.72 Å². The van der Waals surface area contributed by atoms with Crippen LogP contribution < -0.4 is 5.43 Å². The molecule has 3 N–H and O–H groups in total. The van der Waals surface area contributed by atoms with Crippen LogP contribution in [-0.2, 0) is 14.3 Å². The van der Waals surface area contributed by atoms with E-state index in [1.807, 2.05) is 13.8 Å². The topological polar surface area (TPSA) is 101 Å². The van der Waals surface area contributed by atoms with Gasteiger partial charge in [0.15, 0.2) is 6.10 Å². The van der Waals surface area contributed by atoms with Crippen LogP contribution in [-0.4, -0.2) is 38.7 Å². The summed E-state index contributed by atoms with van der Waals surface area (Å²) in [6, 6.07) is 3.46. The number of carbonyl (C=O) groups is 2. The molecule has 0 amide bonds. The van der Waals surface area contributed by atoms with E-state index in [0.29, 0.717) is 12.8 Å². The minimum absolute atomic E-state index is 0.147. The summed E-state index contributed by atoms with van der Waals surface area (Å²) in [4.78, 5) is 23.0. The minimum atomic E-state index is -1.77. The van der Waals surface area contributed by atoms with Crippen molar-refractivity contribution >= 4 is 11.9 Å². The van der Waals surface area contributed by atoms with Crippen molar-refractivity contribution in [1.82, 2.24) is 4.68 Å². The molecule has 118 valence electrons. The van der Waals surface area contributed by atoms with Gasteiger partial charge < -0.3 is 14.9 Å². The molecule has 0 aliphatic carbocycles. The highest BCUT2D eigenvalue weighted by Gasteiger charge is 2.43. The predicted octanol–water partition coefficient (Wildman–Crippen LogP) is 1.88. The summed E-state index contributed by atoms with van der Waals surface area (Å²) >= 11 is 0. The lowest BCUT2D eigenvalue weighted by atomic mass is 10.1. The van der Waals surface area contributed by atoms with Crippen LogP contribution in [0.15, 0.2) is 24.5 Å². The number of hydrogen-bond donors (Lipinski definition) is 3. The molecule has 0 aliphatic rings. The van der Waals surface area contributed by atoms with Gasteiger partial charge in [0.1, 0.15) is 0 Å². The fourth-order valence-electron chi connectivity index (χ4n) is 2.05.